The van der Waals surface area contributed by atoms with Crippen LogP contribution in [0.2, 0.25) is 0 Å². The van der Waals surface area contributed by atoms with Gasteiger partial charge in [-0.25, -0.2) is 4.79 Å². The van der Waals surface area contributed by atoms with E-state index in [9.17, 15) is 14.4 Å². The maximum Gasteiger partial charge on any atom is 0.326 e. The number of carboxylic acids is 1. The molecule has 2 heterocycles. The maximum atomic E-state index is 12.1. The molecule has 0 spiro atoms. The van der Waals surface area contributed by atoms with E-state index in [4.69, 9.17) is 5.11 Å². The molecule has 0 saturated carbocycles. The normalized spacial score (nSPS) is 18.4. The molecule has 7 heteroatoms. The molecule has 1 aromatic carbocycles. The predicted octanol–water partition coefficient (Wildman–Crippen LogP) is 0.763. The molecule has 0 fully saturated rings. The van der Waals surface area contributed by atoms with Crippen molar-refractivity contribution in [2.75, 3.05) is 5.32 Å². The van der Waals surface area contributed by atoms with Crippen LogP contribution in [-0.2, 0) is 16.1 Å². The minimum Gasteiger partial charge on any atom is -0.481 e. The van der Waals surface area contributed by atoms with Crippen LogP contribution in [0.1, 0.15) is 12.8 Å². The molecule has 1 amide bonds. The molecule has 3 N–H and O–H groups in total. The van der Waals surface area contributed by atoms with Crippen LogP contribution in [0.4, 0.5) is 5.69 Å². The van der Waals surface area contributed by atoms with Gasteiger partial charge in [0.15, 0.2) is 0 Å². The van der Waals surface area contributed by atoms with Crippen molar-refractivity contribution in [1.82, 2.24) is 9.55 Å². The second-order valence-corrected chi connectivity index (χ2v) is 4.86. The first kappa shape index (κ1) is 12.5. The number of nitrogens with zero attached hydrogens (tertiary/aromatic N) is 1. The highest BCUT2D eigenvalue weighted by Gasteiger charge is 2.26. The Bertz CT molecular complexity index is 759. The summed E-state index contributed by atoms with van der Waals surface area (Å²) in [6.07, 6.45) is 0.0790. The highest BCUT2D eigenvalue weighted by atomic mass is 16.4. The summed E-state index contributed by atoms with van der Waals surface area (Å²) in [6.45, 7) is 0.321. The molecule has 1 atom stereocenters. The second kappa shape index (κ2) is 4.52. The molecule has 1 aliphatic heterocycles. The van der Waals surface area contributed by atoms with E-state index in [2.05, 4.69) is 10.3 Å². The van der Waals surface area contributed by atoms with E-state index < -0.39 is 11.9 Å². The Morgan fingerprint density at radius 1 is 1.40 bits per heavy atom. The van der Waals surface area contributed by atoms with Crippen LogP contribution in [-0.4, -0.2) is 26.5 Å². The first-order valence-electron chi connectivity index (χ1n) is 6.30. The number of hydrogen-bond donors (Lipinski definition) is 3. The zero-order valence-corrected chi connectivity index (χ0v) is 10.5. The number of benzene rings is 1. The van der Waals surface area contributed by atoms with E-state index in [1.165, 1.54) is 0 Å². The molecule has 0 bridgehead atoms. The Labute approximate surface area is 113 Å². The summed E-state index contributed by atoms with van der Waals surface area (Å²) < 4.78 is 1.54. The number of aliphatic carboxylic acids is 1. The Morgan fingerprint density at radius 2 is 2.20 bits per heavy atom. The van der Waals surface area contributed by atoms with Gasteiger partial charge in [-0.05, 0) is 18.6 Å². The van der Waals surface area contributed by atoms with Crippen molar-refractivity contribution in [3.63, 3.8) is 0 Å². The van der Waals surface area contributed by atoms with Crippen molar-refractivity contribution in [2.45, 2.75) is 19.4 Å². The maximum absolute atomic E-state index is 12.1. The average Bonchev–Trinajstić information content (AvgIpc) is 2.69. The number of carboxylic acid groups (broad SMARTS) is 1. The van der Waals surface area contributed by atoms with Gasteiger partial charge in [-0.3, -0.25) is 14.2 Å². The Hall–Kier alpha value is -2.57. The number of rotatable bonds is 2. The zero-order chi connectivity index (χ0) is 14.3. The molecule has 7 nitrogen and oxygen atoms in total. The average molecular weight is 275 g/mol. The first-order chi connectivity index (χ1) is 9.56. The van der Waals surface area contributed by atoms with Crippen LogP contribution in [0.15, 0.2) is 23.0 Å². The summed E-state index contributed by atoms with van der Waals surface area (Å²) >= 11 is 0. The molecule has 1 unspecified atom stereocenters. The Morgan fingerprint density at radius 3 is 2.95 bits per heavy atom. The standard InChI is InChI=1S/C13H13N3O4/c17-10(18)6-7-4-5-16-11-8(14-12(7)19)2-1-3-9(11)15-13(16)20/h1-3,7H,4-6H2,(H,14,19)(H,15,20)(H,17,18). The number of nitrogens with one attached hydrogen (secondary N) is 2. The number of carbonyl (C=O) groups is 2. The summed E-state index contributed by atoms with van der Waals surface area (Å²) in [6, 6.07) is 5.19. The van der Waals surface area contributed by atoms with Crippen molar-refractivity contribution in [3.8, 4) is 0 Å². The second-order valence-electron chi connectivity index (χ2n) is 4.86. The molecule has 104 valence electrons. The third kappa shape index (κ3) is 1.97. The summed E-state index contributed by atoms with van der Waals surface area (Å²) in [4.78, 5) is 37.5. The van der Waals surface area contributed by atoms with Crippen LogP contribution < -0.4 is 11.0 Å². The number of amides is 1. The quantitative estimate of drug-likeness (QED) is 0.752. The number of carbonyl (C=O) groups excluding carboxylic acids is 1. The van der Waals surface area contributed by atoms with Crippen LogP contribution >= 0.6 is 0 Å². The molecule has 3 rings (SSSR count). The molecule has 0 aliphatic carbocycles. The van der Waals surface area contributed by atoms with E-state index in [1.54, 1.807) is 22.8 Å². The molecule has 1 aliphatic rings. The minimum absolute atomic E-state index is 0.240. The van der Waals surface area contributed by atoms with E-state index in [0.717, 1.165) is 0 Å². The number of para-hydroxylation sites is 1. The number of aryl methyl sites for hydroxylation is 1. The number of H-pyrrole nitrogens is 1. The van der Waals surface area contributed by atoms with Gasteiger partial charge in [0.25, 0.3) is 0 Å². The lowest BCUT2D eigenvalue weighted by molar-refractivity contribution is -0.140. The monoisotopic (exact) mass is 275 g/mol. The van der Waals surface area contributed by atoms with Gasteiger partial charge >= 0.3 is 11.7 Å². The summed E-state index contributed by atoms with van der Waals surface area (Å²) in [5.41, 5.74) is 1.59. The molecule has 20 heavy (non-hydrogen) atoms. The highest BCUT2D eigenvalue weighted by molar-refractivity contribution is 6.01. The lowest BCUT2D eigenvalue weighted by Gasteiger charge is -2.19. The Kier molecular flexibility index (Phi) is 2.81. The topological polar surface area (TPSA) is 104 Å². The van der Waals surface area contributed by atoms with Gasteiger partial charge < -0.3 is 15.4 Å². The van der Waals surface area contributed by atoms with E-state index in [-0.39, 0.29) is 18.0 Å². The summed E-state index contributed by atoms with van der Waals surface area (Å²) in [5.74, 6) is -1.98. The Balaban J connectivity index is 2.09. The van der Waals surface area contributed by atoms with E-state index in [1.807, 2.05) is 0 Å². The van der Waals surface area contributed by atoms with Crippen LogP contribution in [0.5, 0.6) is 0 Å². The zero-order valence-electron chi connectivity index (χ0n) is 10.5. The van der Waals surface area contributed by atoms with Crippen molar-refractivity contribution < 1.29 is 14.7 Å². The third-order valence-corrected chi connectivity index (χ3v) is 3.54. The van der Waals surface area contributed by atoms with Crippen molar-refractivity contribution >= 4 is 28.6 Å². The molecular weight excluding hydrogens is 262 g/mol. The number of aromatic amines is 1. The van der Waals surface area contributed by atoms with E-state index in [0.29, 0.717) is 29.7 Å². The fraction of sp³-hybridized carbons (Fsp3) is 0.308. The van der Waals surface area contributed by atoms with Gasteiger partial charge in [-0.1, -0.05) is 6.07 Å². The largest absolute Gasteiger partial charge is 0.481 e. The van der Waals surface area contributed by atoms with E-state index >= 15 is 0 Å². The molecule has 2 aromatic rings. The number of hydrogen-bond acceptors (Lipinski definition) is 3. The molecule has 0 saturated heterocycles. The van der Waals surface area contributed by atoms with Gasteiger partial charge in [-0.15, -0.1) is 0 Å². The van der Waals surface area contributed by atoms with Gasteiger partial charge in [0.1, 0.15) is 0 Å². The van der Waals surface area contributed by atoms with Crippen molar-refractivity contribution in [1.29, 1.82) is 0 Å². The molecular formula is C13H13N3O4. The third-order valence-electron chi connectivity index (χ3n) is 3.54. The fourth-order valence-electron chi connectivity index (χ4n) is 2.59. The summed E-state index contributed by atoms with van der Waals surface area (Å²) in [7, 11) is 0. The lowest BCUT2D eigenvalue weighted by Crippen LogP contribution is -2.30. The van der Waals surface area contributed by atoms with Gasteiger partial charge in [0.2, 0.25) is 5.91 Å². The van der Waals surface area contributed by atoms with Gasteiger partial charge in [0, 0.05) is 6.54 Å². The highest BCUT2D eigenvalue weighted by Crippen LogP contribution is 2.25. The van der Waals surface area contributed by atoms with Crippen LogP contribution in [0.3, 0.4) is 0 Å². The SMILES string of the molecule is O=C(O)CC1CCn2c(=O)[nH]c3cccc(c32)NC1=O. The van der Waals surface area contributed by atoms with Crippen LogP contribution in [0.25, 0.3) is 11.0 Å². The number of imidazole rings is 1. The lowest BCUT2D eigenvalue weighted by atomic mass is 9.99. The predicted molar refractivity (Wildman–Crippen MR) is 71.5 cm³/mol. The summed E-state index contributed by atoms with van der Waals surface area (Å²) in [5, 5.41) is 11.6. The molecule has 0 radical (unpaired) electrons. The minimum atomic E-state index is -1.02. The number of anilines is 1. The fourth-order valence-corrected chi connectivity index (χ4v) is 2.59. The van der Waals surface area contributed by atoms with Crippen LogP contribution in [0, 0.1) is 5.92 Å². The van der Waals surface area contributed by atoms with Gasteiger partial charge in [0.05, 0.1) is 29.1 Å². The number of aromatic nitrogens is 2. The van der Waals surface area contributed by atoms with Gasteiger partial charge in [-0.2, -0.15) is 0 Å². The first-order valence-corrected chi connectivity index (χ1v) is 6.30. The molecule has 1 aromatic heterocycles. The van der Waals surface area contributed by atoms with Crippen molar-refractivity contribution in [2.24, 2.45) is 5.92 Å². The van der Waals surface area contributed by atoms with Crippen molar-refractivity contribution in [3.05, 3.63) is 28.7 Å². The smallest absolute Gasteiger partial charge is 0.326 e.